The van der Waals surface area contributed by atoms with Gasteiger partial charge in [-0.05, 0) is 41.5 Å². The lowest BCUT2D eigenvalue weighted by Gasteiger charge is -2.11. The standard InChI is InChI=1S/C16H19N7/c1-2-6-14(5-1)22-10-9-13(19-22)11-17-15-7-3-4-8-16(15)23-12-18-20-21-23/h3-4,7-10,12,14,17H,1-2,5-6,11H2. The molecule has 1 aromatic carbocycles. The maximum atomic E-state index is 4.71. The Morgan fingerprint density at radius 1 is 1.13 bits per heavy atom. The van der Waals surface area contributed by atoms with Crippen molar-refractivity contribution >= 4 is 5.69 Å². The van der Waals surface area contributed by atoms with Gasteiger partial charge in [0.1, 0.15) is 6.33 Å². The van der Waals surface area contributed by atoms with E-state index in [4.69, 9.17) is 5.10 Å². The normalized spacial score (nSPS) is 15.1. The molecule has 0 atom stereocenters. The zero-order chi connectivity index (χ0) is 15.5. The van der Waals surface area contributed by atoms with E-state index < -0.39 is 0 Å². The van der Waals surface area contributed by atoms with Crippen LogP contribution in [0, 0.1) is 0 Å². The lowest BCUT2D eigenvalue weighted by Crippen LogP contribution is -2.08. The highest BCUT2D eigenvalue weighted by molar-refractivity contribution is 5.60. The van der Waals surface area contributed by atoms with E-state index in [0.29, 0.717) is 12.6 Å². The molecule has 0 bridgehead atoms. The summed E-state index contributed by atoms with van der Waals surface area (Å²) in [6, 6.07) is 10.6. The average molecular weight is 309 g/mol. The van der Waals surface area contributed by atoms with Gasteiger partial charge < -0.3 is 5.32 Å². The minimum atomic E-state index is 0.581. The van der Waals surface area contributed by atoms with Crippen molar-refractivity contribution in [3.8, 4) is 5.69 Å². The van der Waals surface area contributed by atoms with Crippen LogP contribution in [0.3, 0.4) is 0 Å². The maximum absolute atomic E-state index is 4.71. The van der Waals surface area contributed by atoms with Gasteiger partial charge in [0, 0.05) is 6.20 Å². The molecule has 1 fully saturated rings. The Balaban J connectivity index is 1.47. The topological polar surface area (TPSA) is 73.5 Å². The summed E-state index contributed by atoms with van der Waals surface area (Å²) in [5, 5.41) is 19.5. The van der Waals surface area contributed by atoms with E-state index >= 15 is 0 Å². The molecule has 1 aliphatic rings. The van der Waals surface area contributed by atoms with E-state index in [2.05, 4.69) is 37.8 Å². The number of nitrogens with zero attached hydrogens (tertiary/aromatic N) is 6. The van der Waals surface area contributed by atoms with Crippen LogP contribution in [0.4, 0.5) is 5.69 Å². The molecule has 1 aliphatic carbocycles. The molecule has 1 saturated carbocycles. The summed E-state index contributed by atoms with van der Waals surface area (Å²) in [4.78, 5) is 0. The van der Waals surface area contributed by atoms with Gasteiger partial charge in [0.25, 0.3) is 0 Å². The smallest absolute Gasteiger partial charge is 0.143 e. The number of hydrogen-bond acceptors (Lipinski definition) is 5. The van der Waals surface area contributed by atoms with Crippen LogP contribution in [0.15, 0.2) is 42.9 Å². The van der Waals surface area contributed by atoms with Gasteiger partial charge in [-0.15, -0.1) is 5.10 Å². The molecular weight excluding hydrogens is 290 g/mol. The van der Waals surface area contributed by atoms with Crippen molar-refractivity contribution in [2.45, 2.75) is 38.3 Å². The van der Waals surface area contributed by atoms with Gasteiger partial charge in [0.2, 0.25) is 0 Å². The first-order valence-corrected chi connectivity index (χ1v) is 8.00. The van der Waals surface area contributed by atoms with Gasteiger partial charge >= 0.3 is 0 Å². The molecule has 0 spiro atoms. The van der Waals surface area contributed by atoms with Crippen molar-refractivity contribution in [3.05, 3.63) is 48.5 Å². The van der Waals surface area contributed by atoms with Crippen LogP contribution >= 0.6 is 0 Å². The molecule has 3 aromatic rings. The number of nitrogens with one attached hydrogen (secondary N) is 1. The molecule has 118 valence electrons. The zero-order valence-electron chi connectivity index (χ0n) is 12.8. The lowest BCUT2D eigenvalue weighted by atomic mass is 10.2. The highest BCUT2D eigenvalue weighted by Gasteiger charge is 2.17. The first kappa shape index (κ1) is 13.9. The summed E-state index contributed by atoms with van der Waals surface area (Å²) < 4.78 is 3.77. The fraction of sp³-hybridized carbons (Fsp3) is 0.375. The molecule has 4 rings (SSSR count). The minimum Gasteiger partial charge on any atom is -0.378 e. The summed E-state index contributed by atoms with van der Waals surface area (Å²) in [5.41, 5.74) is 2.95. The van der Waals surface area contributed by atoms with E-state index in [9.17, 15) is 0 Å². The third kappa shape index (κ3) is 2.94. The number of rotatable bonds is 5. The van der Waals surface area contributed by atoms with Gasteiger partial charge in [-0.25, -0.2) is 0 Å². The van der Waals surface area contributed by atoms with Crippen LogP contribution in [0.5, 0.6) is 0 Å². The van der Waals surface area contributed by atoms with Gasteiger partial charge in [0.05, 0.1) is 29.7 Å². The second-order valence-corrected chi connectivity index (χ2v) is 5.85. The predicted octanol–water partition coefficient (Wildman–Crippen LogP) is 2.59. The number of benzene rings is 1. The van der Waals surface area contributed by atoms with Crippen molar-refractivity contribution in [1.29, 1.82) is 0 Å². The van der Waals surface area contributed by atoms with Crippen molar-refractivity contribution in [2.24, 2.45) is 0 Å². The highest BCUT2D eigenvalue weighted by Crippen LogP contribution is 2.28. The first-order chi connectivity index (χ1) is 11.4. The van der Waals surface area contributed by atoms with E-state index in [1.54, 1.807) is 11.0 Å². The van der Waals surface area contributed by atoms with Crippen molar-refractivity contribution in [3.63, 3.8) is 0 Å². The number of aromatic nitrogens is 6. The Hall–Kier alpha value is -2.70. The fourth-order valence-electron chi connectivity index (χ4n) is 3.12. The first-order valence-electron chi connectivity index (χ1n) is 8.00. The number of hydrogen-bond donors (Lipinski definition) is 1. The van der Waals surface area contributed by atoms with Crippen molar-refractivity contribution < 1.29 is 0 Å². The molecule has 0 radical (unpaired) electrons. The Labute approximate surface area is 134 Å². The molecule has 2 aromatic heterocycles. The summed E-state index contributed by atoms with van der Waals surface area (Å²) in [6.45, 7) is 0.679. The third-order valence-corrected chi connectivity index (χ3v) is 4.32. The van der Waals surface area contributed by atoms with E-state index in [-0.39, 0.29) is 0 Å². The number of tetrazole rings is 1. The molecule has 0 amide bonds. The van der Waals surface area contributed by atoms with Crippen molar-refractivity contribution in [1.82, 2.24) is 30.0 Å². The molecule has 1 N–H and O–H groups in total. The summed E-state index contributed by atoms with van der Waals surface area (Å²) in [5.74, 6) is 0. The number of para-hydroxylation sites is 2. The van der Waals surface area contributed by atoms with Crippen molar-refractivity contribution in [2.75, 3.05) is 5.32 Å². The number of anilines is 1. The quantitative estimate of drug-likeness (QED) is 0.784. The van der Waals surface area contributed by atoms with Gasteiger partial charge in [-0.3, -0.25) is 4.68 Å². The predicted molar refractivity (Wildman–Crippen MR) is 86.2 cm³/mol. The molecule has 2 heterocycles. The van der Waals surface area contributed by atoms with Crippen LogP contribution in [0.2, 0.25) is 0 Å². The summed E-state index contributed by atoms with van der Waals surface area (Å²) in [7, 11) is 0. The second-order valence-electron chi connectivity index (χ2n) is 5.85. The minimum absolute atomic E-state index is 0.581. The maximum Gasteiger partial charge on any atom is 0.143 e. The highest BCUT2D eigenvalue weighted by atomic mass is 15.5. The molecule has 0 saturated heterocycles. The average Bonchev–Trinajstić information content (AvgIpc) is 3.35. The summed E-state index contributed by atoms with van der Waals surface area (Å²) in [6.07, 6.45) is 8.82. The van der Waals surface area contributed by atoms with Crippen LogP contribution in [-0.4, -0.2) is 30.0 Å². The fourth-order valence-corrected chi connectivity index (χ4v) is 3.12. The van der Waals surface area contributed by atoms with Gasteiger partial charge in [-0.1, -0.05) is 25.0 Å². The van der Waals surface area contributed by atoms with Crippen LogP contribution in [0.1, 0.15) is 37.4 Å². The SMILES string of the molecule is c1ccc(-n2cnnn2)c(NCc2ccn(C3CCCC3)n2)c1. The second kappa shape index (κ2) is 6.20. The lowest BCUT2D eigenvalue weighted by molar-refractivity contribution is 0.463. The zero-order valence-corrected chi connectivity index (χ0v) is 12.8. The third-order valence-electron chi connectivity index (χ3n) is 4.32. The van der Waals surface area contributed by atoms with E-state index in [0.717, 1.165) is 17.1 Å². The summed E-state index contributed by atoms with van der Waals surface area (Å²) >= 11 is 0. The van der Waals surface area contributed by atoms with E-state index in [1.165, 1.54) is 25.7 Å². The van der Waals surface area contributed by atoms with Crippen LogP contribution in [0.25, 0.3) is 5.69 Å². The van der Waals surface area contributed by atoms with Crippen LogP contribution in [-0.2, 0) is 6.54 Å². The Morgan fingerprint density at radius 2 is 2.00 bits per heavy atom. The molecular formula is C16H19N7. The Morgan fingerprint density at radius 3 is 2.83 bits per heavy atom. The molecule has 23 heavy (non-hydrogen) atoms. The Kier molecular flexibility index (Phi) is 3.75. The largest absolute Gasteiger partial charge is 0.378 e. The molecule has 7 heteroatoms. The monoisotopic (exact) mass is 309 g/mol. The molecule has 7 nitrogen and oxygen atoms in total. The van der Waals surface area contributed by atoms with Gasteiger partial charge in [0.15, 0.2) is 0 Å². The molecule has 0 unspecified atom stereocenters. The Bertz CT molecular complexity index is 756. The van der Waals surface area contributed by atoms with Gasteiger partial charge in [-0.2, -0.15) is 9.78 Å². The molecule has 0 aliphatic heterocycles. The van der Waals surface area contributed by atoms with Crippen LogP contribution < -0.4 is 5.32 Å². The van der Waals surface area contributed by atoms with E-state index in [1.807, 2.05) is 24.3 Å².